The SMILES string of the molecule is Cl.O=C(C1CCCN(Cc2ccccc2)C1)N1CCNCC1. The summed E-state index contributed by atoms with van der Waals surface area (Å²) in [5, 5.41) is 3.31. The third-order valence-corrected chi connectivity index (χ3v) is 4.53. The fraction of sp³-hybridized carbons (Fsp3) is 0.588. The molecule has 0 aromatic heterocycles. The van der Waals surface area contributed by atoms with E-state index in [1.807, 2.05) is 4.90 Å². The van der Waals surface area contributed by atoms with E-state index in [4.69, 9.17) is 0 Å². The highest BCUT2D eigenvalue weighted by atomic mass is 35.5. The first kappa shape index (κ1) is 17.3. The topological polar surface area (TPSA) is 35.6 Å². The molecule has 2 fully saturated rings. The van der Waals surface area contributed by atoms with Gasteiger partial charge in [0, 0.05) is 39.3 Å². The maximum Gasteiger partial charge on any atom is 0.227 e. The second-order valence-electron chi connectivity index (χ2n) is 6.14. The lowest BCUT2D eigenvalue weighted by molar-refractivity contribution is -0.138. The van der Waals surface area contributed by atoms with Gasteiger partial charge in [-0.1, -0.05) is 30.3 Å². The Bertz CT molecular complexity index is 462. The molecule has 122 valence electrons. The van der Waals surface area contributed by atoms with Gasteiger partial charge in [-0.25, -0.2) is 0 Å². The average Bonchev–Trinajstić information content (AvgIpc) is 2.56. The van der Waals surface area contributed by atoms with E-state index >= 15 is 0 Å². The van der Waals surface area contributed by atoms with Crippen LogP contribution in [0.4, 0.5) is 0 Å². The van der Waals surface area contributed by atoms with E-state index in [9.17, 15) is 4.79 Å². The van der Waals surface area contributed by atoms with Crippen molar-refractivity contribution in [2.75, 3.05) is 39.3 Å². The van der Waals surface area contributed by atoms with Gasteiger partial charge in [0.1, 0.15) is 0 Å². The number of rotatable bonds is 3. The standard InChI is InChI=1S/C17H25N3O.ClH/c21-17(20-11-8-18-9-12-20)16-7-4-10-19(14-16)13-15-5-2-1-3-6-15;/h1-3,5-6,16,18H,4,7-14H2;1H. The van der Waals surface area contributed by atoms with E-state index in [1.165, 1.54) is 5.56 Å². The number of piperidine rings is 1. The van der Waals surface area contributed by atoms with Crippen LogP contribution in [0.25, 0.3) is 0 Å². The summed E-state index contributed by atoms with van der Waals surface area (Å²) in [5.74, 6) is 0.565. The first-order valence-corrected chi connectivity index (χ1v) is 8.09. The Morgan fingerprint density at radius 1 is 1.14 bits per heavy atom. The van der Waals surface area contributed by atoms with E-state index in [-0.39, 0.29) is 18.3 Å². The number of hydrogen-bond acceptors (Lipinski definition) is 3. The highest BCUT2D eigenvalue weighted by Crippen LogP contribution is 2.20. The highest BCUT2D eigenvalue weighted by Gasteiger charge is 2.29. The second-order valence-corrected chi connectivity index (χ2v) is 6.14. The first-order valence-electron chi connectivity index (χ1n) is 8.09. The number of nitrogens with zero attached hydrogens (tertiary/aromatic N) is 2. The van der Waals surface area contributed by atoms with Crippen molar-refractivity contribution in [2.24, 2.45) is 5.92 Å². The average molecular weight is 324 g/mol. The van der Waals surface area contributed by atoms with Gasteiger partial charge >= 0.3 is 0 Å². The van der Waals surface area contributed by atoms with Gasteiger partial charge in [0.25, 0.3) is 0 Å². The van der Waals surface area contributed by atoms with E-state index in [2.05, 4.69) is 40.5 Å². The molecule has 0 aliphatic carbocycles. The summed E-state index contributed by atoms with van der Waals surface area (Å²) in [6.45, 7) is 6.60. The molecule has 0 saturated carbocycles. The molecular formula is C17H26ClN3O. The summed E-state index contributed by atoms with van der Waals surface area (Å²) in [6.07, 6.45) is 2.18. The van der Waals surface area contributed by atoms with Gasteiger partial charge < -0.3 is 10.2 Å². The zero-order chi connectivity index (χ0) is 14.5. The molecule has 1 aromatic carbocycles. The Morgan fingerprint density at radius 2 is 1.86 bits per heavy atom. The van der Waals surface area contributed by atoms with Crippen LogP contribution in [0.2, 0.25) is 0 Å². The molecule has 5 heteroatoms. The van der Waals surface area contributed by atoms with Crippen LogP contribution in [0.1, 0.15) is 18.4 Å². The summed E-state index contributed by atoms with van der Waals surface area (Å²) in [5.41, 5.74) is 1.34. The smallest absolute Gasteiger partial charge is 0.227 e. The number of halogens is 1. The molecule has 2 heterocycles. The zero-order valence-corrected chi connectivity index (χ0v) is 13.9. The van der Waals surface area contributed by atoms with Crippen molar-refractivity contribution in [1.82, 2.24) is 15.1 Å². The van der Waals surface area contributed by atoms with Crippen molar-refractivity contribution >= 4 is 18.3 Å². The molecule has 1 unspecified atom stereocenters. The molecule has 0 bridgehead atoms. The second kappa shape index (κ2) is 8.51. The van der Waals surface area contributed by atoms with Gasteiger partial charge in [0.15, 0.2) is 0 Å². The van der Waals surface area contributed by atoms with Crippen LogP contribution in [-0.2, 0) is 11.3 Å². The maximum atomic E-state index is 12.6. The lowest BCUT2D eigenvalue weighted by Crippen LogP contribution is -2.51. The molecule has 0 spiro atoms. The third-order valence-electron chi connectivity index (χ3n) is 4.53. The molecule has 22 heavy (non-hydrogen) atoms. The van der Waals surface area contributed by atoms with Crippen LogP contribution >= 0.6 is 12.4 Å². The monoisotopic (exact) mass is 323 g/mol. The van der Waals surface area contributed by atoms with Gasteiger partial charge in [0.05, 0.1) is 5.92 Å². The molecule has 0 radical (unpaired) electrons. The summed E-state index contributed by atoms with van der Waals surface area (Å²) in [7, 11) is 0. The minimum Gasteiger partial charge on any atom is -0.340 e. The van der Waals surface area contributed by atoms with Crippen LogP contribution in [0.15, 0.2) is 30.3 Å². The summed E-state index contributed by atoms with van der Waals surface area (Å²) >= 11 is 0. The number of benzene rings is 1. The predicted molar refractivity (Wildman–Crippen MR) is 91.1 cm³/mol. The van der Waals surface area contributed by atoms with Crippen LogP contribution in [-0.4, -0.2) is 55.0 Å². The number of hydrogen-bond donors (Lipinski definition) is 1. The summed E-state index contributed by atoms with van der Waals surface area (Å²) < 4.78 is 0. The highest BCUT2D eigenvalue weighted by molar-refractivity contribution is 5.85. The van der Waals surface area contributed by atoms with E-state index in [0.29, 0.717) is 5.91 Å². The quantitative estimate of drug-likeness (QED) is 0.920. The lowest BCUT2D eigenvalue weighted by atomic mass is 9.95. The fourth-order valence-electron chi connectivity index (χ4n) is 3.39. The van der Waals surface area contributed by atoms with Gasteiger partial charge in [0.2, 0.25) is 5.91 Å². The van der Waals surface area contributed by atoms with Crippen molar-refractivity contribution in [3.63, 3.8) is 0 Å². The van der Waals surface area contributed by atoms with Gasteiger partial charge in [-0.2, -0.15) is 0 Å². The molecule has 2 aliphatic rings. The van der Waals surface area contributed by atoms with Crippen LogP contribution in [0, 0.1) is 5.92 Å². The van der Waals surface area contributed by atoms with Gasteiger partial charge in [-0.3, -0.25) is 9.69 Å². The van der Waals surface area contributed by atoms with Crippen LogP contribution < -0.4 is 5.32 Å². The lowest BCUT2D eigenvalue weighted by Gasteiger charge is -2.36. The fourth-order valence-corrected chi connectivity index (χ4v) is 3.39. The molecule has 1 atom stereocenters. The van der Waals surface area contributed by atoms with Crippen molar-refractivity contribution < 1.29 is 4.79 Å². The minimum atomic E-state index is 0. The van der Waals surface area contributed by atoms with Crippen molar-refractivity contribution in [1.29, 1.82) is 0 Å². The molecule has 1 aromatic rings. The van der Waals surface area contributed by atoms with Crippen molar-refractivity contribution in [3.05, 3.63) is 35.9 Å². The molecule has 1 N–H and O–H groups in total. The van der Waals surface area contributed by atoms with Gasteiger partial charge in [-0.15, -0.1) is 12.4 Å². The van der Waals surface area contributed by atoms with E-state index in [1.54, 1.807) is 0 Å². The van der Waals surface area contributed by atoms with Crippen molar-refractivity contribution in [3.8, 4) is 0 Å². The Labute approximate surface area is 139 Å². The van der Waals surface area contributed by atoms with Crippen LogP contribution in [0.5, 0.6) is 0 Å². The molecule has 1 amide bonds. The Balaban J connectivity index is 0.00000176. The third kappa shape index (κ3) is 4.45. The Hall–Kier alpha value is -1.10. The number of amides is 1. The van der Waals surface area contributed by atoms with Crippen molar-refractivity contribution in [2.45, 2.75) is 19.4 Å². The Morgan fingerprint density at radius 3 is 2.59 bits per heavy atom. The zero-order valence-electron chi connectivity index (χ0n) is 13.0. The number of nitrogens with one attached hydrogen (secondary N) is 1. The number of carbonyl (C=O) groups excluding carboxylic acids is 1. The molecule has 4 nitrogen and oxygen atoms in total. The normalized spacial score (nSPS) is 22.9. The first-order chi connectivity index (χ1) is 10.3. The molecular weight excluding hydrogens is 298 g/mol. The van der Waals surface area contributed by atoms with E-state index in [0.717, 1.165) is 58.7 Å². The summed E-state index contributed by atoms with van der Waals surface area (Å²) in [4.78, 5) is 17.1. The molecule has 3 rings (SSSR count). The number of likely N-dealkylation sites (tertiary alicyclic amines) is 1. The minimum absolute atomic E-state index is 0. The summed E-state index contributed by atoms with van der Waals surface area (Å²) in [6, 6.07) is 10.6. The number of piperazine rings is 1. The maximum absolute atomic E-state index is 12.6. The number of carbonyl (C=O) groups is 1. The van der Waals surface area contributed by atoms with Crippen LogP contribution in [0.3, 0.4) is 0 Å². The largest absolute Gasteiger partial charge is 0.340 e. The molecule has 2 aliphatic heterocycles. The predicted octanol–water partition coefficient (Wildman–Crippen LogP) is 1.75. The Kier molecular flexibility index (Phi) is 6.68. The molecule has 2 saturated heterocycles. The van der Waals surface area contributed by atoms with Gasteiger partial charge in [-0.05, 0) is 24.9 Å². The van der Waals surface area contributed by atoms with E-state index < -0.39 is 0 Å².